The normalized spacial score (nSPS) is 15.7. The van der Waals surface area contributed by atoms with Crippen LogP contribution in [-0.2, 0) is 0 Å². The molecular formula is C5H11Cl3Si. The Bertz CT molecular complexity index is 78.8. The summed E-state index contributed by atoms with van der Waals surface area (Å²) in [6.45, 7) is 2.09. The van der Waals surface area contributed by atoms with Gasteiger partial charge in [-0.15, -0.1) is 33.8 Å². The van der Waals surface area contributed by atoms with Gasteiger partial charge in [-0.25, -0.2) is 0 Å². The number of rotatable bonds is 3. The van der Waals surface area contributed by atoms with E-state index < -0.39 is 6.69 Å². The van der Waals surface area contributed by atoms with Gasteiger partial charge < -0.3 is 0 Å². The SMILES string of the molecule is C[C@H](CCl)C[Si](C)(Cl)Cl. The summed E-state index contributed by atoms with van der Waals surface area (Å²) in [7, 11) is 0. The third kappa shape index (κ3) is 6.98. The largest absolute Gasteiger partial charge is 0.248 e. The van der Waals surface area contributed by atoms with Crippen LogP contribution in [0.25, 0.3) is 0 Å². The summed E-state index contributed by atoms with van der Waals surface area (Å²) in [5, 5.41) is 0. The molecule has 0 aromatic heterocycles. The molecule has 0 aliphatic rings. The maximum absolute atomic E-state index is 5.85. The molecule has 56 valence electrons. The Labute approximate surface area is 71.9 Å². The summed E-state index contributed by atoms with van der Waals surface area (Å²) in [6, 6.07) is 0.889. The van der Waals surface area contributed by atoms with E-state index >= 15 is 0 Å². The van der Waals surface area contributed by atoms with Crippen molar-refractivity contribution in [3.63, 3.8) is 0 Å². The van der Waals surface area contributed by atoms with E-state index in [4.69, 9.17) is 33.8 Å². The van der Waals surface area contributed by atoms with Gasteiger partial charge in [0.15, 0.2) is 0 Å². The van der Waals surface area contributed by atoms with Crippen molar-refractivity contribution in [1.82, 2.24) is 0 Å². The fourth-order valence-corrected chi connectivity index (χ4v) is 3.91. The van der Waals surface area contributed by atoms with E-state index in [1.54, 1.807) is 0 Å². The summed E-state index contributed by atoms with van der Waals surface area (Å²) >= 11 is 17.3. The number of hydrogen-bond acceptors (Lipinski definition) is 0. The zero-order chi connectivity index (χ0) is 7.49. The Balaban J connectivity index is 3.47. The molecule has 0 spiro atoms. The Morgan fingerprint density at radius 1 is 1.44 bits per heavy atom. The van der Waals surface area contributed by atoms with E-state index in [0.717, 1.165) is 6.04 Å². The van der Waals surface area contributed by atoms with Crippen molar-refractivity contribution < 1.29 is 0 Å². The van der Waals surface area contributed by atoms with Gasteiger partial charge in [-0.05, 0) is 18.5 Å². The van der Waals surface area contributed by atoms with Gasteiger partial charge in [-0.1, -0.05) is 6.92 Å². The van der Waals surface area contributed by atoms with Gasteiger partial charge >= 0.3 is 0 Å². The molecule has 0 aromatic rings. The Kier molecular flexibility index (Phi) is 4.56. The lowest BCUT2D eigenvalue weighted by Crippen LogP contribution is -2.17. The minimum Gasteiger partial charge on any atom is -0.146 e. The highest BCUT2D eigenvalue weighted by Crippen LogP contribution is 2.24. The van der Waals surface area contributed by atoms with Crippen molar-refractivity contribution >= 4 is 40.5 Å². The molecule has 0 N–H and O–H groups in total. The van der Waals surface area contributed by atoms with Crippen molar-refractivity contribution in [3.8, 4) is 0 Å². The van der Waals surface area contributed by atoms with Crippen LogP contribution in [0.4, 0.5) is 0 Å². The molecule has 0 unspecified atom stereocenters. The number of alkyl halides is 1. The van der Waals surface area contributed by atoms with Gasteiger partial charge in [0.2, 0.25) is 6.69 Å². The van der Waals surface area contributed by atoms with E-state index in [1.165, 1.54) is 0 Å². The number of hydrogen-bond donors (Lipinski definition) is 0. The number of halogens is 3. The van der Waals surface area contributed by atoms with Crippen LogP contribution in [0.3, 0.4) is 0 Å². The molecule has 0 radical (unpaired) electrons. The van der Waals surface area contributed by atoms with Gasteiger partial charge in [0.25, 0.3) is 0 Å². The van der Waals surface area contributed by atoms with Gasteiger partial charge in [0.05, 0.1) is 0 Å². The molecule has 0 rings (SSSR count). The first kappa shape index (κ1) is 10.1. The average Bonchev–Trinajstić information content (AvgIpc) is 1.62. The van der Waals surface area contributed by atoms with Gasteiger partial charge in [0.1, 0.15) is 0 Å². The van der Waals surface area contributed by atoms with Crippen LogP contribution in [0.1, 0.15) is 6.92 Å². The van der Waals surface area contributed by atoms with Crippen LogP contribution < -0.4 is 0 Å². The molecule has 0 fully saturated rings. The summed E-state index contributed by atoms with van der Waals surface area (Å²) in [4.78, 5) is 0. The van der Waals surface area contributed by atoms with Crippen molar-refractivity contribution in [2.24, 2.45) is 5.92 Å². The van der Waals surface area contributed by atoms with Crippen LogP contribution in [-0.4, -0.2) is 12.6 Å². The predicted molar refractivity (Wildman–Crippen MR) is 48.0 cm³/mol. The fraction of sp³-hybridized carbons (Fsp3) is 1.00. The Hall–Kier alpha value is 1.09. The molecule has 0 saturated carbocycles. The summed E-state index contributed by atoms with van der Waals surface area (Å²) in [6.07, 6.45) is 0. The Morgan fingerprint density at radius 3 is 2.00 bits per heavy atom. The van der Waals surface area contributed by atoms with Crippen molar-refractivity contribution in [2.45, 2.75) is 19.5 Å². The second kappa shape index (κ2) is 4.07. The van der Waals surface area contributed by atoms with E-state index in [-0.39, 0.29) is 0 Å². The van der Waals surface area contributed by atoms with Crippen LogP contribution in [0.15, 0.2) is 0 Å². The molecule has 0 aliphatic heterocycles. The minimum absolute atomic E-state index is 0.457. The van der Waals surface area contributed by atoms with Crippen LogP contribution >= 0.6 is 33.8 Å². The second-order valence-electron chi connectivity index (χ2n) is 2.53. The van der Waals surface area contributed by atoms with E-state index in [0.29, 0.717) is 11.8 Å². The highest BCUT2D eigenvalue weighted by molar-refractivity contribution is 7.44. The third-order valence-corrected chi connectivity index (χ3v) is 3.84. The van der Waals surface area contributed by atoms with Crippen LogP contribution in [0, 0.1) is 5.92 Å². The van der Waals surface area contributed by atoms with Crippen LogP contribution in [0.5, 0.6) is 0 Å². The van der Waals surface area contributed by atoms with E-state index in [2.05, 4.69) is 6.92 Å². The lowest BCUT2D eigenvalue weighted by molar-refractivity contribution is 0.736. The quantitative estimate of drug-likeness (QED) is 0.376. The minimum atomic E-state index is -1.88. The molecule has 0 aliphatic carbocycles. The van der Waals surface area contributed by atoms with Crippen LogP contribution in [0.2, 0.25) is 12.6 Å². The molecule has 0 saturated heterocycles. The molecule has 4 heteroatoms. The van der Waals surface area contributed by atoms with E-state index in [9.17, 15) is 0 Å². The molecule has 0 nitrogen and oxygen atoms in total. The first-order valence-corrected chi connectivity index (χ1v) is 8.16. The monoisotopic (exact) mass is 204 g/mol. The lowest BCUT2D eigenvalue weighted by atomic mass is 10.3. The second-order valence-corrected chi connectivity index (χ2v) is 11.0. The van der Waals surface area contributed by atoms with E-state index in [1.807, 2.05) is 6.55 Å². The molecule has 1 atom stereocenters. The standard InChI is InChI=1S/C5H11Cl3Si/c1-5(3-6)4-9(2,7)8/h5H,3-4H2,1-2H3/t5-/m1/s1. The maximum atomic E-state index is 5.85. The molecule has 0 amide bonds. The smallest absolute Gasteiger partial charge is 0.146 e. The summed E-state index contributed by atoms with van der Waals surface area (Å²) < 4.78 is 0. The van der Waals surface area contributed by atoms with Crippen molar-refractivity contribution in [2.75, 3.05) is 5.88 Å². The van der Waals surface area contributed by atoms with Gasteiger partial charge in [-0.3, -0.25) is 0 Å². The topological polar surface area (TPSA) is 0 Å². The van der Waals surface area contributed by atoms with Gasteiger partial charge in [-0.2, -0.15) is 0 Å². The first-order chi connectivity index (χ1) is 3.95. The highest BCUT2D eigenvalue weighted by atomic mass is 35.7. The molecule has 9 heavy (non-hydrogen) atoms. The first-order valence-electron chi connectivity index (χ1n) is 2.89. The average molecular weight is 206 g/mol. The maximum Gasteiger partial charge on any atom is 0.248 e. The molecular weight excluding hydrogens is 194 g/mol. The zero-order valence-electron chi connectivity index (χ0n) is 5.63. The van der Waals surface area contributed by atoms with Crippen molar-refractivity contribution in [3.05, 3.63) is 0 Å². The fourth-order valence-electron chi connectivity index (χ4n) is 0.666. The predicted octanol–water partition coefficient (Wildman–Crippen LogP) is 3.41. The molecule has 0 heterocycles. The zero-order valence-corrected chi connectivity index (χ0v) is 8.89. The third-order valence-electron chi connectivity index (χ3n) is 0.970. The lowest BCUT2D eigenvalue weighted by Gasteiger charge is -2.13. The molecule has 0 bridgehead atoms. The van der Waals surface area contributed by atoms with Gasteiger partial charge in [0, 0.05) is 5.88 Å². The summed E-state index contributed by atoms with van der Waals surface area (Å²) in [5.41, 5.74) is 0. The highest BCUT2D eigenvalue weighted by Gasteiger charge is 2.23. The Morgan fingerprint density at radius 2 is 1.89 bits per heavy atom. The summed E-state index contributed by atoms with van der Waals surface area (Å²) in [5.74, 6) is 1.11. The van der Waals surface area contributed by atoms with Crippen molar-refractivity contribution in [1.29, 1.82) is 0 Å². The molecule has 0 aromatic carbocycles.